The lowest BCUT2D eigenvalue weighted by Gasteiger charge is -2.11. The Morgan fingerprint density at radius 3 is 2.53 bits per heavy atom. The van der Waals surface area contributed by atoms with Crippen LogP contribution in [-0.2, 0) is 13.0 Å². The van der Waals surface area contributed by atoms with Crippen LogP contribution in [0.5, 0.6) is 0 Å². The van der Waals surface area contributed by atoms with Crippen LogP contribution in [0.25, 0.3) is 0 Å². The minimum atomic E-state index is 0.522. The molecule has 0 bridgehead atoms. The van der Waals surface area contributed by atoms with Crippen LogP contribution in [0.1, 0.15) is 21.6 Å². The molecule has 0 radical (unpaired) electrons. The quantitative estimate of drug-likeness (QED) is 0.845. The average Bonchev–Trinajstić information content (AvgIpc) is 2.85. The van der Waals surface area contributed by atoms with Gasteiger partial charge in [-0.15, -0.1) is 22.7 Å². The Bertz CT molecular complexity index is 475. The second-order valence-corrected chi connectivity index (χ2v) is 8.12. The standard InChI is InChI=1S/C13H16BrNS2/c1-9(7-11-4-3-10(2)16-11)15-8-12-5-6-13(14)17-12/h3-6,9,15H,7-8H2,1-2H3. The van der Waals surface area contributed by atoms with E-state index in [0.717, 1.165) is 13.0 Å². The third-order valence-electron chi connectivity index (χ3n) is 2.56. The fourth-order valence-corrected chi connectivity index (χ4v) is 4.14. The predicted molar refractivity (Wildman–Crippen MR) is 81.1 cm³/mol. The van der Waals surface area contributed by atoms with E-state index in [9.17, 15) is 0 Å². The van der Waals surface area contributed by atoms with Crippen LogP contribution in [0.15, 0.2) is 28.1 Å². The summed E-state index contributed by atoms with van der Waals surface area (Å²) < 4.78 is 1.20. The van der Waals surface area contributed by atoms with E-state index in [1.807, 2.05) is 11.3 Å². The van der Waals surface area contributed by atoms with Gasteiger partial charge in [-0.2, -0.15) is 0 Å². The molecule has 0 saturated heterocycles. The number of rotatable bonds is 5. The van der Waals surface area contributed by atoms with Gasteiger partial charge < -0.3 is 5.32 Å². The molecule has 0 aliphatic rings. The summed E-state index contributed by atoms with van der Waals surface area (Å²) in [5, 5.41) is 3.57. The molecular weight excluding hydrogens is 314 g/mol. The highest BCUT2D eigenvalue weighted by molar-refractivity contribution is 9.11. The monoisotopic (exact) mass is 329 g/mol. The van der Waals surface area contributed by atoms with Crippen molar-refractivity contribution in [1.82, 2.24) is 5.32 Å². The number of nitrogens with one attached hydrogen (secondary N) is 1. The average molecular weight is 330 g/mol. The molecule has 17 heavy (non-hydrogen) atoms. The van der Waals surface area contributed by atoms with Gasteiger partial charge in [0.15, 0.2) is 0 Å². The number of hydrogen-bond donors (Lipinski definition) is 1. The van der Waals surface area contributed by atoms with Gasteiger partial charge in [0.1, 0.15) is 0 Å². The van der Waals surface area contributed by atoms with Crippen molar-refractivity contribution in [2.75, 3.05) is 0 Å². The van der Waals surface area contributed by atoms with Gasteiger partial charge >= 0.3 is 0 Å². The van der Waals surface area contributed by atoms with E-state index < -0.39 is 0 Å². The Hall–Kier alpha value is -0.160. The fraction of sp³-hybridized carbons (Fsp3) is 0.385. The smallest absolute Gasteiger partial charge is 0.0701 e. The molecule has 2 rings (SSSR count). The highest BCUT2D eigenvalue weighted by atomic mass is 79.9. The SMILES string of the molecule is Cc1ccc(CC(C)NCc2ccc(Br)s2)s1. The third kappa shape index (κ3) is 4.21. The Balaban J connectivity index is 1.79. The topological polar surface area (TPSA) is 12.0 Å². The molecule has 1 N–H and O–H groups in total. The first-order valence-electron chi connectivity index (χ1n) is 5.66. The van der Waals surface area contributed by atoms with Gasteiger partial charge in [0.25, 0.3) is 0 Å². The van der Waals surface area contributed by atoms with E-state index in [1.54, 1.807) is 11.3 Å². The Morgan fingerprint density at radius 1 is 1.18 bits per heavy atom. The van der Waals surface area contributed by atoms with E-state index in [0.29, 0.717) is 6.04 Å². The predicted octanol–water partition coefficient (Wildman–Crippen LogP) is 4.60. The summed E-state index contributed by atoms with van der Waals surface area (Å²) in [7, 11) is 0. The molecule has 0 saturated carbocycles. The molecule has 0 aliphatic carbocycles. The first kappa shape index (κ1) is 13.3. The zero-order valence-corrected chi connectivity index (χ0v) is 13.2. The molecule has 1 atom stereocenters. The van der Waals surface area contributed by atoms with Gasteiger partial charge in [0.05, 0.1) is 3.79 Å². The molecule has 2 heterocycles. The zero-order valence-electron chi connectivity index (χ0n) is 10.00. The fourth-order valence-electron chi connectivity index (χ4n) is 1.69. The van der Waals surface area contributed by atoms with Crippen molar-refractivity contribution in [3.05, 3.63) is 42.7 Å². The minimum Gasteiger partial charge on any atom is -0.309 e. The molecule has 0 fully saturated rings. The van der Waals surface area contributed by atoms with Crippen molar-refractivity contribution >= 4 is 38.6 Å². The van der Waals surface area contributed by atoms with Crippen molar-refractivity contribution in [2.45, 2.75) is 32.9 Å². The lowest BCUT2D eigenvalue weighted by molar-refractivity contribution is 0.552. The van der Waals surface area contributed by atoms with Crippen molar-refractivity contribution in [3.8, 4) is 0 Å². The maximum Gasteiger partial charge on any atom is 0.0701 e. The Kier molecular flexibility index (Phi) is 4.79. The lowest BCUT2D eigenvalue weighted by atomic mass is 10.2. The Morgan fingerprint density at radius 2 is 1.94 bits per heavy atom. The van der Waals surface area contributed by atoms with Crippen LogP contribution < -0.4 is 5.32 Å². The summed E-state index contributed by atoms with van der Waals surface area (Å²) in [6.07, 6.45) is 1.12. The van der Waals surface area contributed by atoms with E-state index in [4.69, 9.17) is 0 Å². The van der Waals surface area contributed by atoms with E-state index in [2.05, 4.69) is 59.4 Å². The highest BCUT2D eigenvalue weighted by Crippen LogP contribution is 2.22. The third-order valence-corrected chi connectivity index (χ3v) is 5.20. The molecule has 4 heteroatoms. The van der Waals surface area contributed by atoms with Crippen molar-refractivity contribution < 1.29 is 0 Å². The Labute approximate surface area is 119 Å². The van der Waals surface area contributed by atoms with Gasteiger partial charge in [-0.3, -0.25) is 0 Å². The second-order valence-electron chi connectivity index (χ2n) is 4.20. The zero-order chi connectivity index (χ0) is 12.3. The van der Waals surface area contributed by atoms with Gasteiger partial charge in [-0.1, -0.05) is 0 Å². The maximum absolute atomic E-state index is 3.57. The molecule has 0 aliphatic heterocycles. The molecular formula is C13H16BrNS2. The van der Waals surface area contributed by atoms with Crippen molar-refractivity contribution in [2.24, 2.45) is 0 Å². The molecule has 92 valence electrons. The van der Waals surface area contributed by atoms with Crippen LogP contribution in [0.4, 0.5) is 0 Å². The molecule has 2 aromatic rings. The van der Waals surface area contributed by atoms with E-state index >= 15 is 0 Å². The molecule has 0 spiro atoms. The van der Waals surface area contributed by atoms with Crippen molar-refractivity contribution in [3.63, 3.8) is 0 Å². The summed E-state index contributed by atoms with van der Waals surface area (Å²) in [5.74, 6) is 0. The normalized spacial score (nSPS) is 12.9. The summed E-state index contributed by atoms with van der Waals surface area (Å²) >= 11 is 7.18. The molecule has 2 aromatic heterocycles. The van der Waals surface area contributed by atoms with Gasteiger partial charge in [0.2, 0.25) is 0 Å². The molecule has 0 amide bonds. The summed E-state index contributed by atoms with van der Waals surface area (Å²) in [6, 6.07) is 9.23. The van der Waals surface area contributed by atoms with Crippen LogP contribution in [0, 0.1) is 6.92 Å². The number of hydrogen-bond acceptors (Lipinski definition) is 3. The maximum atomic E-state index is 3.57. The van der Waals surface area contributed by atoms with E-state index in [-0.39, 0.29) is 0 Å². The van der Waals surface area contributed by atoms with Crippen LogP contribution in [0.3, 0.4) is 0 Å². The highest BCUT2D eigenvalue weighted by Gasteiger charge is 2.05. The first-order chi connectivity index (χ1) is 8.13. The van der Waals surface area contributed by atoms with Crippen LogP contribution in [-0.4, -0.2) is 6.04 Å². The van der Waals surface area contributed by atoms with Gasteiger partial charge in [0, 0.05) is 27.2 Å². The molecule has 1 nitrogen and oxygen atoms in total. The van der Waals surface area contributed by atoms with Crippen molar-refractivity contribution in [1.29, 1.82) is 0 Å². The lowest BCUT2D eigenvalue weighted by Crippen LogP contribution is -2.26. The summed E-state index contributed by atoms with van der Waals surface area (Å²) in [6.45, 7) is 5.37. The summed E-state index contributed by atoms with van der Waals surface area (Å²) in [4.78, 5) is 4.25. The largest absolute Gasteiger partial charge is 0.309 e. The van der Waals surface area contributed by atoms with Gasteiger partial charge in [-0.05, 0) is 60.5 Å². The number of halogens is 1. The second kappa shape index (κ2) is 6.14. The number of aryl methyl sites for hydroxylation is 1. The van der Waals surface area contributed by atoms with Gasteiger partial charge in [-0.25, -0.2) is 0 Å². The molecule has 1 unspecified atom stereocenters. The first-order valence-corrected chi connectivity index (χ1v) is 8.09. The minimum absolute atomic E-state index is 0.522. The summed E-state index contributed by atoms with van der Waals surface area (Å²) in [5.41, 5.74) is 0. The van der Waals surface area contributed by atoms with Crippen LogP contribution in [0.2, 0.25) is 0 Å². The van der Waals surface area contributed by atoms with Crippen LogP contribution >= 0.6 is 38.6 Å². The van der Waals surface area contributed by atoms with E-state index in [1.165, 1.54) is 18.4 Å². The molecule has 0 aromatic carbocycles. The number of thiophene rings is 2.